The van der Waals surface area contributed by atoms with Gasteiger partial charge in [0.2, 0.25) is 11.8 Å². The first-order chi connectivity index (χ1) is 10.0. The van der Waals surface area contributed by atoms with Crippen molar-refractivity contribution < 1.29 is 14.0 Å². The summed E-state index contributed by atoms with van der Waals surface area (Å²) in [6.45, 7) is 4.11. The number of benzene rings is 1. The number of hydrogen-bond donors (Lipinski definition) is 1. The van der Waals surface area contributed by atoms with Gasteiger partial charge in [0, 0.05) is 20.0 Å². The maximum atomic E-state index is 13.0. The van der Waals surface area contributed by atoms with Crippen LogP contribution in [0, 0.1) is 5.82 Å². The molecular weight excluding hydrogens is 271 g/mol. The Hall–Kier alpha value is -1.91. The van der Waals surface area contributed by atoms with Crippen LogP contribution in [0.5, 0.6) is 0 Å². The molecule has 0 aliphatic heterocycles. The molecule has 0 radical (unpaired) electrons. The molecule has 0 saturated carbocycles. The third-order valence-electron chi connectivity index (χ3n) is 3.36. The second-order valence-electron chi connectivity index (χ2n) is 4.94. The van der Waals surface area contributed by atoms with Crippen LogP contribution < -0.4 is 5.32 Å². The molecule has 0 heterocycles. The van der Waals surface area contributed by atoms with Gasteiger partial charge in [-0.2, -0.15) is 0 Å². The van der Waals surface area contributed by atoms with Crippen LogP contribution in [0.2, 0.25) is 0 Å². The highest BCUT2D eigenvalue weighted by Gasteiger charge is 2.27. The van der Waals surface area contributed by atoms with E-state index in [1.165, 1.54) is 12.1 Å². The van der Waals surface area contributed by atoms with Gasteiger partial charge in [-0.1, -0.05) is 26.0 Å². The van der Waals surface area contributed by atoms with Crippen molar-refractivity contribution in [1.29, 1.82) is 0 Å². The fraction of sp³-hybridized carbons (Fsp3) is 0.500. The molecule has 2 amide bonds. The fourth-order valence-corrected chi connectivity index (χ4v) is 2.23. The third kappa shape index (κ3) is 4.85. The molecule has 1 aromatic carbocycles. The van der Waals surface area contributed by atoms with Crippen LogP contribution in [-0.2, 0) is 16.1 Å². The molecule has 0 unspecified atom stereocenters. The first-order valence-electron chi connectivity index (χ1n) is 7.28. The van der Waals surface area contributed by atoms with E-state index in [0.717, 1.165) is 12.0 Å². The van der Waals surface area contributed by atoms with E-state index in [0.29, 0.717) is 19.4 Å². The smallest absolute Gasteiger partial charge is 0.242 e. The number of carbonyl (C=O) groups is 2. The molecule has 21 heavy (non-hydrogen) atoms. The maximum Gasteiger partial charge on any atom is 0.242 e. The number of nitrogens with one attached hydrogen (secondary N) is 1. The maximum absolute atomic E-state index is 13.0. The van der Waals surface area contributed by atoms with Crippen LogP contribution in [0.4, 0.5) is 4.39 Å². The summed E-state index contributed by atoms with van der Waals surface area (Å²) in [5, 5.41) is 2.60. The number of nitrogens with zero attached hydrogens (tertiary/aromatic N) is 1. The van der Waals surface area contributed by atoms with E-state index >= 15 is 0 Å². The zero-order valence-corrected chi connectivity index (χ0v) is 12.9. The topological polar surface area (TPSA) is 49.4 Å². The Morgan fingerprint density at radius 3 is 2.33 bits per heavy atom. The van der Waals surface area contributed by atoms with Gasteiger partial charge in [-0.05, 0) is 30.5 Å². The molecule has 0 aliphatic carbocycles. The largest absolute Gasteiger partial charge is 0.357 e. The quantitative estimate of drug-likeness (QED) is 0.840. The normalized spacial score (nSPS) is 11.8. The Kier molecular flexibility index (Phi) is 6.85. The number of carbonyl (C=O) groups excluding carboxylic acids is 2. The van der Waals surface area contributed by atoms with Crippen LogP contribution in [0.15, 0.2) is 24.3 Å². The molecule has 0 fully saturated rings. The second-order valence-corrected chi connectivity index (χ2v) is 4.94. The summed E-state index contributed by atoms with van der Waals surface area (Å²) in [4.78, 5) is 25.9. The summed E-state index contributed by atoms with van der Waals surface area (Å²) in [6, 6.07) is 5.49. The number of amides is 2. The zero-order chi connectivity index (χ0) is 15.8. The average Bonchev–Trinajstić information content (AvgIpc) is 2.48. The average molecular weight is 294 g/mol. The van der Waals surface area contributed by atoms with Crippen molar-refractivity contribution >= 4 is 11.8 Å². The Bertz CT molecular complexity index is 474. The highest BCUT2D eigenvalue weighted by molar-refractivity contribution is 5.87. The van der Waals surface area contributed by atoms with Gasteiger partial charge < -0.3 is 10.2 Å². The molecule has 1 N–H and O–H groups in total. The SMILES string of the molecule is CCCC(=O)N(Cc1ccc(F)cc1)[C@@H](CC)C(=O)NC. The van der Waals surface area contributed by atoms with Crippen LogP contribution in [0.1, 0.15) is 38.7 Å². The second kappa shape index (κ2) is 8.39. The number of rotatable bonds is 7. The van der Waals surface area contributed by atoms with Crippen molar-refractivity contribution in [3.05, 3.63) is 35.6 Å². The molecule has 0 spiro atoms. The molecule has 5 heteroatoms. The first-order valence-corrected chi connectivity index (χ1v) is 7.28. The van der Waals surface area contributed by atoms with E-state index in [1.807, 2.05) is 13.8 Å². The van der Waals surface area contributed by atoms with E-state index in [9.17, 15) is 14.0 Å². The highest BCUT2D eigenvalue weighted by atomic mass is 19.1. The first kappa shape index (κ1) is 17.1. The van der Waals surface area contributed by atoms with Gasteiger partial charge in [-0.3, -0.25) is 9.59 Å². The standard InChI is InChI=1S/C16H23FN2O2/c1-4-6-15(20)19(14(5-2)16(21)18-3)11-12-7-9-13(17)10-8-12/h7-10,14H,4-6,11H2,1-3H3,(H,18,21)/t14-/m0/s1. The van der Waals surface area contributed by atoms with Crippen LogP contribution in [-0.4, -0.2) is 29.8 Å². The van der Waals surface area contributed by atoms with Gasteiger partial charge in [-0.25, -0.2) is 4.39 Å². The lowest BCUT2D eigenvalue weighted by molar-refractivity contribution is -0.141. The van der Waals surface area contributed by atoms with E-state index in [1.54, 1.807) is 24.1 Å². The molecule has 0 aromatic heterocycles. The monoisotopic (exact) mass is 294 g/mol. The van der Waals surface area contributed by atoms with E-state index in [4.69, 9.17) is 0 Å². The molecule has 1 aromatic rings. The summed E-state index contributed by atoms with van der Waals surface area (Å²) in [5.74, 6) is -0.551. The Morgan fingerprint density at radius 1 is 1.24 bits per heavy atom. The zero-order valence-electron chi connectivity index (χ0n) is 12.9. The van der Waals surface area contributed by atoms with Crippen molar-refractivity contribution in [2.45, 2.75) is 45.7 Å². The van der Waals surface area contributed by atoms with Gasteiger partial charge in [0.1, 0.15) is 11.9 Å². The minimum Gasteiger partial charge on any atom is -0.357 e. The van der Waals surface area contributed by atoms with Crippen LogP contribution >= 0.6 is 0 Å². The van der Waals surface area contributed by atoms with Crippen LogP contribution in [0.25, 0.3) is 0 Å². The summed E-state index contributed by atoms with van der Waals surface area (Å²) in [5.41, 5.74) is 0.809. The summed E-state index contributed by atoms with van der Waals surface area (Å²) in [7, 11) is 1.56. The minimum absolute atomic E-state index is 0.0581. The molecule has 0 saturated heterocycles. The molecule has 116 valence electrons. The van der Waals surface area contributed by atoms with Crippen molar-refractivity contribution in [2.24, 2.45) is 0 Å². The summed E-state index contributed by atoms with van der Waals surface area (Å²) in [6.07, 6.45) is 1.66. The van der Waals surface area contributed by atoms with E-state index < -0.39 is 6.04 Å². The summed E-state index contributed by atoms with van der Waals surface area (Å²) < 4.78 is 13.0. The predicted molar refractivity (Wildman–Crippen MR) is 80.0 cm³/mol. The number of hydrogen-bond acceptors (Lipinski definition) is 2. The Labute approximate surface area is 125 Å². The fourth-order valence-electron chi connectivity index (χ4n) is 2.23. The molecule has 1 rings (SSSR count). The van der Waals surface area contributed by atoms with E-state index in [-0.39, 0.29) is 17.6 Å². The van der Waals surface area contributed by atoms with Gasteiger partial charge in [0.05, 0.1) is 0 Å². The number of likely N-dealkylation sites (N-methyl/N-ethyl adjacent to an activating group) is 1. The third-order valence-corrected chi connectivity index (χ3v) is 3.36. The van der Waals surface area contributed by atoms with Gasteiger partial charge in [0.25, 0.3) is 0 Å². The van der Waals surface area contributed by atoms with Crippen molar-refractivity contribution in [2.75, 3.05) is 7.05 Å². The highest BCUT2D eigenvalue weighted by Crippen LogP contribution is 2.14. The molecule has 0 aliphatic rings. The predicted octanol–water partition coefficient (Wildman–Crippen LogP) is 2.48. The lowest BCUT2D eigenvalue weighted by Gasteiger charge is -2.30. The molecule has 0 bridgehead atoms. The molecule has 1 atom stereocenters. The molecular formula is C16H23FN2O2. The summed E-state index contributed by atoms with van der Waals surface area (Å²) >= 11 is 0. The molecule has 4 nitrogen and oxygen atoms in total. The van der Waals surface area contributed by atoms with Crippen molar-refractivity contribution in [1.82, 2.24) is 10.2 Å². The van der Waals surface area contributed by atoms with Crippen molar-refractivity contribution in [3.8, 4) is 0 Å². The van der Waals surface area contributed by atoms with Gasteiger partial charge >= 0.3 is 0 Å². The minimum atomic E-state index is -0.501. The van der Waals surface area contributed by atoms with Gasteiger partial charge in [0.15, 0.2) is 0 Å². The van der Waals surface area contributed by atoms with Crippen LogP contribution in [0.3, 0.4) is 0 Å². The van der Waals surface area contributed by atoms with Gasteiger partial charge in [-0.15, -0.1) is 0 Å². The Balaban J connectivity index is 2.97. The van der Waals surface area contributed by atoms with E-state index in [2.05, 4.69) is 5.32 Å². The Morgan fingerprint density at radius 2 is 1.86 bits per heavy atom. The van der Waals surface area contributed by atoms with Crippen molar-refractivity contribution in [3.63, 3.8) is 0 Å². The lowest BCUT2D eigenvalue weighted by Crippen LogP contribution is -2.48. The number of halogens is 1. The lowest BCUT2D eigenvalue weighted by atomic mass is 10.1.